The van der Waals surface area contributed by atoms with Crippen molar-refractivity contribution in [2.75, 3.05) is 6.61 Å². The smallest absolute Gasteiger partial charge is 0.308 e. The van der Waals surface area contributed by atoms with Gasteiger partial charge in [0, 0.05) is 19.4 Å². The summed E-state index contributed by atoms with van der Waals surface area (Å²) >= 11 is 0. The molecule has 0 aromatic heterocycles. The lowest BCUT2D eigenvalue weighted by atomic mass is 10.1. The van der Waals surface area contributed by atoms with Crippen LogP contribution in [0.2, 0.25) is 0 Å². The molecule has 0 fully saturated rings. The number of hydrogen-bond donors (Lipinski definition) is 2. The van der Waals surface area contributed by atoms with E-state index in [2.05, 4.69) is 6.92 Å². The average Bonchev–Trinajstić information content (AvgIpc) is 2.68. The Morgan fingerprint density at radius 3 is 1.61 bits per heavy atom. The molecule has 4 heteroatoms. The highest BCUT2D eigenvalue weighted by molar-refractivity contribution is 5.69. The highest BCUT2D eigenvalue weighted by Crippen LogP contribution is 2.13. The Hall–Kier alpha value is -0.610. The van der Waals surface area contributed by atoms with Crippen molar-refractivity contribution >= 4 is 5.97 Å². The van der Waals surface area contributed by atoms with E-state index in [0.29, 0.717) is 19.4 Å². The predicted octanol–water partition coefficient (Wildman–Crippen LogP) is 6.66. The maximum absolute atomic E-state index is 11.7. The quantitative estimate of drug-likeness (QED) is 0.121. The van der Waals surface area contributed by atoms with Gasteiger partial charge in [0.05, 0.1) is 0 Å². The maximum atomic E-state index is 11.7. The number of aliphatic hydroxyl groups excluding tert-OH is 2. The second-order valence-electron chi connectivity index (χ2n) is 8.22. The normalized spacial score (nSPS) is 12.2. The monoisotopic (exact) mass is 400 g/mol. The summed E-state index contributed by atoms with van der Waals surface area (Å²) in [6.45, 7) is 2.55. The maximum Gasteiger partial charge on any atom is 0.308 e. The summed E-state index contributed by atoms with van der Waals surface area (Å²) in [5.74, 6) is -0.252. The lowest BCUT2D eigenvalue weighted by Gasteiger charge is -2.12. The Labute approximate surface area is 174 Å². The molecule has 0 rings (SSSR count). The van der Waals surface area contributed by atoms with Crippen molar-refractivity contribution in [3.05, 3.63) is 0 Å². The van der Waals surface area contributed by atoms with E-state index >= 15 is 0 Å². The van der Waals surface area contributed by atoms with Crippen molar-refractivity contribution < 1.29 is 19.7 Å². The summed E-state index contributed by atoms with van der Waals surface area (Å²) in [5.41, 5.74) is 0. The van der Waals surface area contributed by atoms with Crippen LogP contribution < -0.4 is 0 Å². The number of carbonyl (C=O) groups excluding carboxylic acids is 1. The number of rotatable bonds is 22. The largest absolute Gasteiger partial charge is 0.436 e. The molecule has 0 aliphatic rings. The van der Waals surface area contributed by atoms with Crippen LogP contribution in [0.1, 0.15) is 135 Å². The van der Waals surface area contributed by atoms with Gasteiger partial charge in [-0.05, 0) is 19.3 Å². The topological polar surface area (TPSA) is 66.8 Å². The molecule has 4 nitrogen and oxygen atoms in total. The van der Waals surface area contributed by atoms with Gasteiger partial charge in [0.2, 0.25) is 6.29 Å². The fourth-order valence-corrected chi connectivity index (χ4v) is 3.52. The van der Waals surface area contributed by atoms with Crippen LogP contribution in [0, 0.1) is 0 Å². The average molecular weight is 401 g/mol. The minimum Gasteiger partial charge on any atom is -0.436 e. The SMILES string of the molecule is CCCCCCCCCCCC(=O)OC(O)CCCCCCCCCCCO. The van der Waals surface area contributed by atoms with Crippen molar-refractivity contribution in [2.24, 2.45) is 0 Å². The summed E-state index contributed by atoms with van der Waals surface area (Å²) in [6.07, 6.45) is 21.3. The first-order valence-corrected chi connectivity index (χ1v) is 12.2. The molecule has 0 heterocycles. The zero-order chi connectivity index (χ0) is 20.7. The summed E-state index contributed by atoms with van der Waals surface area (Å²) in [6, 6.07) is 0. The number of carbonyl (C=O) groups is 1. The second-order valence-corrected chi connectivity index (χ2v) is 8.22. The molecular formula is C24H48O4. The molecule has 168 valence electrons. The van der Waals surface area contributed by atoms with E-state index in [-0.39, 0.29) is 5.97 Å². The van der Waals surface area contributed by atoms with Crippen molar-refractivity contribution in [3.8, 4) is 0 Å². The van der Waals surface area contributed by atoms with Gasteiger partial charge in [-0.25, -0.2) is 0 Å². The van der Waals surface area contributed by atoms with Crippen molar-refractivity contribution in [3.63, 3.8) is 0 Å². The molecule has 0 radical (unpaired) electrons. The fraction of sp³-hybridized carbons (Fsp3) is 0.958. The van der Waals surface area contributed by atoms with Gasteiger partial charge in [-0.2, -0.15) is 0 Å². The van der Waals surface area contributed by atoms with Gasteiger partial charge in [-0.3, -0.25) is 4.79 Å². The van der Waals surface area contributed by atoms with E-state index in [0.717, 1.165) is 38.5 Å². The Morgan fingerprint density at radius 2 is 1.11 bits per heavy atom. The molecule has 0 spiro atoms. The molecule has 0 aromatic carbocycles. The molecule has 0 aromatic rings. The van der Waals surface area contributed by atoms with E-state index in [1.807, 2.05) is 0 Å². The van der Waals surface area contributed by atoms with Crippen LogP contribution in [0.3, 0.4) is 0 Å². The molecule has 0 aliphatic heterocycles. The Kier molecular flexibility index (Phi) is 22.2. The Balaban J connectivity index is 3.31. The predicted molar refractivity (Wildman–Crippen MR) is 117 cm³/mol. The Bertz CT molecular complexity index is 320. The van der Waals surface area contributed by atoms with Crippen LogP contribution in [0.25, 0.3) is 0 Å². The van der Waals surface area contributed by atoms with Crippen LogP contribution in [0.5, 0.6) is 0 Å². The molecule has 1 unspecified atom stereocenters. The highest BCUT2D eigenvalue weighted by Gasteiger charge is 2.10. The molecule has 0 saturated heterocycles. The first-order valence-electron chi connectivity index (χ1n) is 12.2. The summed E-state index contributed by atoms with van der Waals surface area (Å²) in [5, 5.41) is 18.5. The first kappa shape index (κ1) is 27.4. The molecular weight excluding hydrogens is 352 g/mol. The number of esters is 1. The van der Waals surface area contributed by atoms with Crippen LogP contribution in [-0.2, 0) is 9.53 Å². The van der Waals surface area contributed by atoms with E-state index in [1.54, 1.807) is 0 Å². The van der Waals surface area contributed by atoms with Crippen molar-refractivity contribution in [2.45, 2.75) is 142 Å². The molecule has 2 N–H and O–H groups in total. The number of unbranched alkanes of at least 4 members (excludes halogenated alkanes) is 16. The first-order chi connectivity index (χ1) is 13.7. The Morgan fingerprint density at radius 1 is 0.679 bits per heavy atom. The van der Waals surface area contributed by atoms with Crippen molar-refractivity contribution in [1.82, 2.24) is 0 Å². The van der Waals surface area contributed by atoms with Gasteiger partial charge in [-0.15, -0.1) is 0 Å². The number of aliphatic hydroxyl groups is 2. The van der Waals surface area contributed by atoms with Crippen LogP contribution >= 0.6 is 0 Å². The van der Waals surface area contributed by atoms with Crippen LogP contribution in [-0.4, -0.2) is 29.1 Å². The van der Waals surface area contributed by atoms with E-state index in [9.17, 15) is 9.90 Å². The number of ether oxygens (including phenoxy) is 1. The van der Waals surface area contributed by atoms with Gasteiger partial charge < -0.3 is 14.9 Å². The van der Waals surface area contributed by atoms with E-state index < -0.39 is 6.29 Å². The van der Waals surface area contributed by atoms with Crippen LogP contribution in [0.15, 0.2) is 0 Å². The van der Waals surface area contributed by atoms with E-state index in [4.69, 9.17) is 9.84 Å². The van der Waals surface area contributed by atoms with E-state index in [1.165, 1.54) is 77.0 Å². The highest BCUT2D eigenvalue weighted by atomic mass is 16.6. The third kappa shape index (κ3) is 21.7. The number of hydrogen-bond acceptors (Lipinski definition) is 4. The summed E-state index contributed by atoms with van der Waals surface area (Å²) in [7, 11) is 0. The molecule has 0 saturated carbocycles. The van der Waals surface area contributed by atoms with Gasteiger partial charge >= 0.3 is 5.97 Å². The van der Waals surface area contributed by atoms with Gasteiger partial charge in [0.15, 0.2) is 0 Å². The van der Waals surface area contributed by atoms with Gasteiger partial charge in [0.1, 0.15) is 0 Å². The summed E-state index contributed by atoms with van der Waals surface area (Å²) in [4.78, 5) is 11.7. The lowest BCUT2D eigenvalue weighted by Crippen LogP contribution is -2.17. The molecule has 0 aliphatic carbocycles. The standard InChI is InChI=1S/C24H48O4/c1-2-3-4-5-6-8-11-14-17-20-23(26)28-24(27)21-18-15-12-9-7-10-13-16-19-22-25/h24-25,27H,2-22H2,1H3. The minimum absolute atomic E-state index is 0.252. The third-order valence-corrected chi connectivity index (χ3v) is 5.36. The molecule has 0 amide bonds. The fourth-order valence-electron chi connectivity index (χ4n) is 3.52. The molecule has 1 atom stereocenters. The molecule has 0 bridgehead atoms. The van der Waals surface area contributed by atoms with Crippen LogP contribution in [0.4, 0.5) is 0 Å². The summed E-state index contributed by atoms with van der Waals surface area (Å²) < 4.78 is 5.10. The van der Waals surface area contributed by atoms with Gasteiger partial charge in [-0.1, -0.05) is 103 Å². The minimum atomic E-state index is -0.926. The van der Waals surface area contributed by atoms with Crippen molar-refractivity contribution in [1.29, 1.82) is 0 Å². The zero-order valence-electron chi connectivity index (χ0n) is 18.6. The van der Waals surface area contributed by atoms with Gasteiger partial charge in [0.25, 0.3) is 0 Å². The lowest BCUT2D eigenvalue weighted by molar-refractivity contribution is -0.168. The zero-order valence-corrected chi connectivity index (χ0v) is 18.6. The molecule has 28 heavy (non-hydrogen) atoms. The third-order valence-electron chi connectivity index (χ3n) is 5.36. The second kappa shape index (κ2) is 22.7.